The van der Waals surface area contributed by atoms with Crippen LogP contribution >= 0.6 is 0 Å². The Balaban J connectivity index is 1.34. The molecule has 0 atom stereocenters. The lowest BCUT2D eigenvalue weighted by molar-refractivity contribution is -0.898. The minimum atomic E-state index is 0.101. The summed E-state index contributed by atoms with van der Waals surface area (Å²) in [5.41, 5.74) is 4.61. The number of rotatable bonds is 7. The number of nitrogens with one attached hydrogen (secondary N) is 2. The smallest absolute Gasteiger partial charge is 0.225 e. The number of nitrogens with zero attached hydrogens (tertiary/aromatic N) is 1. The first-order valence-electron chi connectivity index (χ1n) is 10.2. The Kier molecular flexibility index (Phi) is 7.40. The van der Waals surface area contributed by atoms with E-state index in [1.54, 1.807) is 4.90 Å². The van der Waals surface area contributed by atoms with Crippen LogP contribution < -0.4 is 10.2 Å². The van der Waals surface area contributed by atoms with Crippen LogP contribution in [0.15, 0.2) is 54.6 Å². The van der Waals surface area contributed by atoms with Crippen molar-refractivity contribution in [3.8, 4) is 0 Å². The molecule has 148 valence electrons. The summed E-state index contributed by atoms with van der Waals surface area (Å²) in [7, 11) is 0. The van der Waals surface area contributed by atoms with Gasteiger partial charge in [0.05, 0.1) is 19.6 Å². The van der Waals surface area contributed by atoms with Crippen LogP contribution in [0.5, 0.6) is 0 Å². The lowest BCUT2D eigenvalue weighted by Gasteiger charge is -2.31. The van der Waals surface area contributed by atoms with E-state index in [2.05, 4.69) is 66.5 Å². The zero-order valence-corrected chi connectivity index (χ0v) is 17.1. The Morgan fingerprint density at radius 1 is 1.07 bits per heavy atom. The first kappa shape index (κ1) is 20.3. The van der Waals surface area contributed by atoms with Gasteiger partial charge in [-0.2, -0.15) is 0 Å². The zero-order valence-electron chi connectivity index (χ0n) is 17.1. The number of hydrogen-bond acceptors (Lipinski definition) is 2. The third-order valence-electron chi connectivity index (χ3n) is 5.53. The molecule has 1 amide bonds. The maximum Gasteiger partial charge on any atom is 0.225 e. The van der Waals surface area contributed by atoms with Crippen LogP contribution in [-0.2, 0) is 4.79 Å². The van der Waals surface area contributed by atoms with E-state index in [1.165, 1.54) is 16.7 Å². The lowest BCUT2D eigenvalue weighted by Crippen LogP contribution is -3.14. The average Bonchev–Trinajstić information content (AvgIpc) is 2.71. The Labute approximate surface area is 168 Å². The van der Waals surface area contributed by atoms with Gasteiger partial charge in [0.1, 0.15) is 0 Å². The van der Waals surface area contributed by atoms with Gasteiger partial charge in [0.15, 0.2) is 0 Å². The second kappa shape index (κ2) is 10.2. The largest absolute Gasteiger partial charge is 0.330 e. The van der Waals surface area contributed by atoms with Crippen molar-refractivity contribution in [2.24, 2.45) is 0 Å². The maximum atomic E-state index is 12.2. The summed E-state index contributed by atoms with van der Waals surface area (Å²) in [5.74, 6) is 0.101. The van der Waals surface area contributed by atoms with Gasteiger partial charge in [0, 0.05) is 31.7 Å². The minimum absolute atomic E-state index is 0.101. The molecular formula is C24H32N3O+. The number of anilines is 1. The standard InChI is InChI=1S/C24H31N3O/c1-20-10-11-23(19-21(20)2)25-24(28)12-14-27-17-15-26(16-18-27)13-6-9-22-7-4-3-5-8-22/h3-11,19H,12-18H2,1-2H3,(H,25,28)/p+1/b9-6+. The Hall–Kier alpha value is -2.43. The predicted molar refractivity (Wildman–Crippen MR) is 117 cm³/mol. The summed E-state index contributed by atoms with van der Waals surface area (Å²) < 4.78 is 0. The van der Waals surface area contributed by atoms with Crippen LogP contribution in [-0.4, -0.2) is 50.1 Å². The van der Waals surface area contributed by atoms with E-state index in [0.717, 1.165) is 45.0 Å². The molecule has 2 aromatic carbocycles. The molecule has 2 aromatic rings. The van der Waals surface area contributed by atoms with Crippen molar-refractivity contribution in [1.29, 1.82) is 0 Å². The molecule has 1 fully saturated rings. The SMILES string of the molecule is Cc1ccc(NC(=O)CCN2CC[NH+](C/C=C/c3ccccc3)CC2)cc1C. The van der Waals surface area contributed by atoms with Gasteiger partial charge in [-0.1, -0.05) is 42.5 Å². The van der Waals surface area contributed by atoms with E-state index in [0.29, 0.717) is 6.42 Å². The fourth-order valence-electron chi connectivity index (χ4n) is 3.53. The molecule has 1 saturated heterocycles. The molecule has 2 N–H and O–H groups in total. The summed E-state index contributed by atoms with van der Waals surface area (Å²) >= 11 is 0. The molecule has 0 spiro atoms. The van der Waals surface area contributed by atoms with Crippen molar-refractivity contribution in [3.05, 3.63) is 71.3 Å². The Morgan fingerprint density at radius 2 is 1.82 bits per heavy atom. The molecular weight excluding hydrogens is 346 g/mol. The van der Waals surface area contributed by atoms with Crippen molar-refractivity contribution in [3.63, 3.8) is 0 Å². The topological polar surface area (TPSA) is 36.8 Å². The molecule has 0 unspecified atom stereocenters. The van der Waals surface area contributed by atoms with E-state index in [9.17, 15) is 4.79 Å². The normalized spacial score (nSPS) is 15.8. The number of piperazine rings is 1. The molecule has 0 aliphatic carbocycles. The Bertz CT molecular complexity index is 793. The van der Waals surface area contributed by atoms with E-state index in [1.807, 2.05) is 18.2 Å². The number of carbonyl (C=O) groups excluding carboxylic acids is 1. The van der Waals surface area contributed by atoms with Crippen LogP contribution in [0.1, 0.15) is 23.1 Å². The van der Waals surface area contributed by atoms with Crippen LogP contribution in [0.3, 0.4) is 0 Å². The molecule has 3 rings (SSSR count). The van der Waals surface area contributed by atoms with Gasteiger partial charge in [-0.3, -0.25) is 9.69 Å². The second-order valence-electron chi connectivity index (χ2n) is 7.71. The van der Waals surface area contributed by atoms with Crippen LogP contribution in [0, 0.1) is 13.8 Å². The zero-order chi connectivity index (χ0) is 19.8. The van der Waals surface area contributed by atoms with Crippen molar-refractivity contribution < 1.29 is 9.69 Å². The van der Waals surface area contributed by atoms with Gasteiger partial charge >= 0.3 is 0 Å². The minimum Gasteiger partial charge on any atom is -0.330 e. The third-order valence-corrected chi connectivity index (χ3v) is 5.53. The summed E-state index contributed by atoms with van der Waals surface area (Å²) in [5, 5.41) is 3.02. The molecule has 0 bridgehead atoms. The quantitative estimate of drug-likeness (QED) is 0.777. The monoisotopic (exact) mass is 378 g/mol. The molecule has 1 aliphatic rings. The fourth-order valence-corrected chi connectivity index (χ4v) is 3.53. The number of quaternary nitrogens is 1. The van der Waals surface area contributed by atoms with Crippen molar-refractivity contribution in [1.82, 2.24) is 4.90 Å². The average molecular weight is 379 g/mol. The molecule has 4 nitrogen and oxygen atoms in total. The van der Waals surface area contributed by atoms with Crippen LogP contribution in [0.4, 0.5) is 5.69 Å². The third kappa shape index (κ3) is 6.32. The summed E-state index contributed by atoms with van der Waals surface area (Å²) in [6.07, 6.45) is 5.03. The highest BCUT2D eigenvalue weighted by atomic mass is 16.1. The van der Waals surface area contributed by atoms with Crippen LogP contribution in [0.2, 0.25) is 0 Å². The van der Waals surface area contributed by atoms with E-state index in [4.69, 9.17) is 0 Å². The molecule has 28 heavy (non-hydrogen) atoms. The summed E-state index contributed by atoms with van der Waals surface area (Å²) in [4.78, 5) is 16.3. The van der Waals surface area contributed by atoms with E-state index < -0.39 is 0 Å². The van der Waals surface area contributed by atoms with Crippen molar-refractivity contribution in [2.45, 2.75) is 20.3 Å². The lowest BCUT2D eigenvalue weighted by atomic mass is 10.1. The second-order valence-corrected chi connectivity index (χ2v) is 7.71. The van der Waals surface area contributed by atoms with E-state index in [-0.39, 0.29) is 5.91 Å². The van der Waals surface area contributed by atoms with Gasteiger partial charge in [-0.15, -0.1) is 0 Å². The number of aryl methyl sites for hydroxylation is 2. The van der Waals surface area contributed by atoms with Crippen LogP contribution in [0.25, 0.3) is 6.08 Å². The highest BCUT2D eigenvalue weighted by Crippen LogP contribution is 2.14. The first-order chi connectivity index (χ1) is 13.6. The Morgan fingerprint density at radius 3 is 2.54 bits per heavy atom. The van der Waals surface area contributed by atoms with Crippen molar-refractivity contribution >= 4 is 17.7 Å². The maximum absolute atomic E-state index is 12.2. The number of carbonyl (C=O) groups is 1. The van der Waals surface area contributed by atoms with Crippen molar-refractivity contribution in [2.75, 3.05) is 44.6 Å². The number of benzene rings is 2. The molecule has 4 heteroatoms. The number of amides is 1. The molecule has 1 aliphatic heterocycles. The molecule has 0 saturated carbocycles. The number of hydrogen-bond donors (Lipinski definition) is 2. The van der Waals surface area contributed by atoms with Gasteiger partial charge < -0.3 is 10.2 Å². The highest BCUT2D eigenvalue weighted by molar-refractivity contribution is 5.90. The van der Waals surface area contributed by atoms with E-state index >= 15 is 0 Å². The predicted octanol–water partition coefficient (Wildman–Crippen LogP) is 2.55. The van der Waals surface area contributed by atoms with Gasteiger partial charge in [-0.25, -0.2) is 0 Å². The molecule has 1 heterocycles. The van der Waals surface area contributed by atoms with Gasteiger partial charge in [0.25, 0.3) is 0 Å². The molecule has 0 radical (unpaired) electrons. The first-order valence-corrected chi connectivity index (χ1v) is 10.2. The summed E-state index contributed by atoms with van der Waals surface area (Å²) in [6.45, 7) is 10.5. The van der Waals surface area contributed by atoms with Gasteiger partial charge in [0.2, 0.25) is 5.91 Å². The van der Waals surface area contributed by atoms with Gasteiger partial charge in [-0.05, 0) is 48.7 Å². The highest BCUT2D eigenvalue weighted by Gasteiger charge is 2.19. The fraction of sp³-hybridized carbons (Fsp3) is 0.375. The molecule has 0 aromatic heterocycles. The summed E-state index contributed by atoms with van der Waals surface area (Å²) in [6, 6.07) is 16.5.